The average Bonchev–Trinajstić information content (AvgIpc) is 2.56. The maximum Gasteiger partial charge on any atom is 0.339 e. The van der Waals surface area contributed by atoms with Gasteiger partial charge in [-0.2, -0.15) is 0 Å². The van der Waals surface area contributed by atoms with Crippen LogP contribution >= 0.6 is 0 Å². The number of anilines is 2. The number of hydrogen-bond acceptors (Lipinski definition) is 4. The first kappa shape index (κ1) is 15.6. The minimum Gasteiger partial charge on any atom is -0.506 e. The minimum absolute atomic E-state index is 0.0566. The summed E-state index contributed by atoms with van der Waals surface area (Å²) in [6.45, 7) is 3.46. The highest BCUT2D eigenvalue weighted by Gasteiger charge is 2.16. The quantitative estimate of drug-likeness (QED) is 0.494. The molecule has 0 aliphatic rings. The molecule has 2 amide bonds. The first-order chi connectivity index (χ1) is 11.5. The van der Waals surface area contributed by atoms with Crippen molar-refractivity contribution in [1.82, 2.24) is 0 Å². The number of carbonyl (C=O) groups excluding carboxylic acids is 1. The molecule has 122 valence electrons. The molecule has 24 heavy (non-hydrogen) atoms. The zero-order chi connectivity index (χ0) is 17.3. The van der Waals surface area contributed by atoms with Gasteiger partial charge in [-0.1, -0.05) is 18.2 Å². The van der Waals surface area contributed by atoms with Crippen LogP contribution in [0, 0.1) is 13.8 Å². The Balaban J connectivity index is 2.01. The maximum absolute atomic E-state index is 12.2. The molecule has 0 atom stereocenters. The predicted molar refractivity (Wildman–Crippen MR) is 92.7 cm³/mol. The van der Waals surface area contributed by atoms with Crippen LogP contribution in [0.5, 0.6) is 5.75 Å². The van der Waals surface area contributed by atoms with Crippen LogP contribution < -0.4 is 16.3 Å². The predicted octanol–water partition coefficient (Wildman–Crippen LogP) is 3.76. The van der Waals surface area contributed by atoms with Crippen LogP contribution in [0.25, 0.3) is 11.0 Å². The molecule has 0 fully saturated rings. The van der Waals surface area contributed by atoms with Gasteiger partial charge in [-0.3, -0.25) is 0 Å². The van der Waals surface area contributed by atoms with Crippen molar-refractivity contribution in [2.45, 2.75) is 13.8 Å². The van der Waals surface area contributed by atoms with Crippen molar-refractivity contribution < 1.29 is 14.3 Å². The monoisotopic (exact) mass is 324 g/mol. The summed E-state index contributed by atoms with van der Waals surface area (Å²) in [5.74, 6) is -0.183. The second kappa shape index (κ2) is 6.08. The molecule has 3 aromatic rings. The molecular weight excluding hydrogens is 308 g/mol. The summed E-state index contributed by atoms with van der Waals surface area (Å²) in [5, 5.41) is 15.9. The van der Waals surface area contributed by atoms with Crippen molar-refractivity contribution in [1.29, 1.82) is 0 Å². The Labute approximate surface area is 137 Å². The molecule has 6 nitrogen and oxygen atoms in total. The average molecular weight is 324 g/mol. The summed E-state index contributed by atoms with van der Waals surface area (Å²) in [6.07, 6.45) is 0. The molecule has 1 aromatic heterocycles. The van der Waals surface area contributed by atoms with Gasteiger partial charge >= 0.3 is 11.7 Å². The number of phenolic OH excluding ortho intramolecular Hbond substituents is 1. The van der Waals surface area contributed by atoms with E-state index in [0.717, 1.165) is 5.56 Å². The lowest BCUT2D eigenvalue weighted by Gasteiger charge is -2.12. The van der Waals surface area contributed by atoms with Crippen LogP contribution in [0.4, 0.5) is 16.2 Å². The number of para-hydroxylation sites is 1. The van der Waals surface area contributed by atoms with E-state index in [1.54, 1.807) is 44.2 Å². The minimum atomic E-state index is -0.551. The van der Waals surface area contributed by atoms with Crippen molar-refractivity contribution in [2.75, 3.05) is 10.6 Å². The summed E-state index contributed by atoms with van der Waals surface area (Å²) in [4.78, 5) is 24.1. The maximum atomic E-state index is 12.2. The molecular formula is C18H16N2O4. The number of rotatable bonds is 2. The largest absolute Gasteiger partial charge is 0.506 e. The fourth-order valence-corrected chi connectivity index (χ4v) is 2.42. The molecule has 3 N–H and O–H groups in total. The van der Waals surface area contributed by atoms with Gasteiger partial charge < -0.3 is 20.2 Å². The zero-order valence-electron chi connectivity index (χ0n) is 13.2. The molecule has 1 heterocycles. The Kier molecular flexibility index (Phi) is 3.95. The lowest BCUT2D eigenvalue weighted by atomic mass is 10.1. The van der Waals surface area contributed by atoms with E-state index in [4.69, 9.17) is 4.42 Å². The van der Waals surface area contributed by atoms with Gasteiger partial charge in [0, 0.05) is 16.6 Å². The highest BCUT2D eigenvalue weighted by atomic mass is 16.4. The normalized spacial score (nSPS) is 10.6. The second-order valence-electron chi connectivity index (χ2n) is 5.42. The number of nitrogens with one attached hydrogen (secondary N) is 2. The van der Waals surface area contributed by atoms with E-state index in [9.17, 15) is 14.7 Å². The van der Waals surface area contributed by atoms with Crippen molar-refractivity contribution in [3.8, 4) is 5.75 Å². The van der Waals surface area contributed by atoms with E-state index >= 15 is 0 Å². The van der Waals surface area contributed by atoms with Gasteiger partial charge in [0.25, 0.3) is 0 Å². The Morgan fingerprint density at radius 2 is 1.71 bits per heavy atom. The summed E-state index contributed by atoms with van der Waals surface area (Å²) in [6, 6.07) is 11.4. The fraction of sp³-hybridized carbons (Fsp3) is 0.111. The number of aryl methyl sites for hydroxylation is 1. The lowest BCUT2D eigenvalue weighted by molar-refractivity contribution is 0.262. The first-order valence-electron chi connectivity index (χ1n) is 7.36. The molecule has 0 unspecified atom stereocenters. The summed E-state index contributed by atoms with van der Waals surface area (Å²) < 4.78 is 5.28. The van der Waals surface area contributed by atoms with Crippen molar-refractivity contribution in [3.05, 3.63) is 64.0 Å². The van der Waals surface area contributed by atoms with Gasteiger partial charge in [0.15, 0.2) is 5.58 Å². The second-order valence-corrected chi connectivity index (χ2v) is 5.42. The van der Waals surface area contributed by atoms with Gasteiger partial charge in [0.05, 0.1) is 0 Å². The Hall–Kier alpha value is -3.28. The van der Waals surface area contributed by atoms with Gasteiger partial charge in [-0.25, -0.2) is 9.59 Å². The number of amides is 2. The summed E-state index contributed by atoms with van der Waals surface area (Å²) >= 11 is 0. The van der Waals surface area contributed by atoms with Crippen molar-refractivity contribution in [3.63, 3.8) is 0 Å². The molecule has 6 heteroatoms. The highest BCUT2D eigenvalue weighted by molar-refractivity contribution is 6.06. The molecule has 0 saturated heterocycles. The van der Waals surface area contributed by atoms with Crippen LogP contribution in [-0.2, 0) is 0 Å². The number of hydrogen-bond donors (Lipinski definition) is 3. The number of carbonyl (C=O) groups is 1. The van der Waals surface area contributed by atoms with Crippen LogP contribution in [0.1, 0.15) is 11.1 Å². The van der Waals surface area contributed by atoms with Crippen LogP contribution in [-0.4, -0.2) is 11.1 Å². The fourth-order valence-electron chi connectivity index (χ4n) is 2.42. The van der Waals surface area contributed by atoms with E-state index in [2.05, 4.69) is 10.6 Å². The van der Waals surface area contributed by atoms with Gasteiger partial charge in [-0.05, 0) is 43.7 Å². The molecule has 0 saturated carbocycles. The Morgan fingerprint density at radius 1 is 1.00 bits per heavy atom. The SMILES string of the molecule is Cc1c(C)c2ccc(O)c(NC(=O)Nc3ccccc3)c2oc1=O. The Bertz CT molecular complexity index is 978. The van der Waals surface area contributed by atoms with E-state index in [-0.39, 0.29) is 17.0 Å². The van der Waals surface area contributed by atoms with Gasteiger partial charge in [-0.15, -0.1) is 0 Å². The number of aromatic hydroxyl groups is 1. The van der Waals surface area contributed by atoms with Crippen molar-refractivity contribution in [2.24, 2.45) is 0 Å². The van der Waals surface area contributed by atoms with E-state index in [1.165, 1.54) is 6.07 Å². The molecule has 3 rings (SSSR count). The molecule has 0 aliphatic carbocycles. The van der Waals surface area contributed by atoms with E-state index < -0.39 is 11.7 Å². The Morgan fingerprint density at radius 3 is 2.42 bits per heavy atom. The van der Waals surface area contributed by atoms with Crippen LogP contribution in [0.15, 0.2) is 51.7 Å². The highest BCUT2D eigenvalue weighted by Crippen LogP contribution is 2.33. The van der Waals surface area contributed by atoms with Crippen LogP contribution in [0.2, 0.25) is 0 Å². The third-order valence-electron chi connectivity index (χ3n) is 3.87. The molecule has 0 radical (unpaired) electrons. The molecule has 2 aromatic carbocycles. The third kappa shape index (κ3) is 2.81. The van der Waals surface area contributed by atoms with Gasteiger partial charge in [0.2, 0.25) is 0 Å². The summed E-state index contributed by atoms with van der Waals surface area (Å²) in [5.41, 5.74) is 1.54. The van der Waals surface area contributed by atoms with Gasteiger partial charge in [0.1, 0.15) is 11.4 Å². The van der Waals surface area contributed by atoms with E-state index in [1.807, 2.05) is 6.07 Å². The standard InChI is InChI=1S/C18H16N2O4/c1-10-11(2)17(22)24-16-13(10)8-9-14(21)15(16)20-18(23)19-12-6-4-3-5-7-12/h3-9,21H,1-2H3,(H2,19,20,23). The summed E-state index contributed by atoms with van der Waals surface area (Å²) in [7, 11) is 0. The zero-order valence-corrected chi connectivity index (χ0v) is 13.2. The number of phenols is 1. The van der Waals surface area contributed by atoms with Crippen molar-refractivity contribution >= 4 is 28.4 Å². The first-order valence-corrected chi connectivity index (χ1v) is 7.36. The lowest BCUT2D eigenvalue weighted by Crippen LogP contribution is -2.20. The topological polar surface area (TPSA) is 91.6 Å². The molecule has 0 aliphatic heterocycles. The smallest absolute Gasteiger partial charge is 0.339 e. The molecule has 0 spiro atoms. The number of benzene rings is 2. The van der Waals surface area contributed by atoms with E-state index in [0.29, 0.717) is 16.6 Å². The van der Waals surface area contributed by atoms with Crippen LogP contribution in [0.3, 0.4) is 0 Å². The number of fused-ring (bicyclic) bond motifs is 1. The molecule has 0 bridgehead atoms. The number of urea groups is 1. The third-order valence-corrected chi connectivity index (χ3v) is 3.87.